The molecule has 0 saturated carbocycles. The van der Waals surface area contributed by atoms with Crippen LogP contribution in [0.3, 0.4) is 0 Å². The maximum atomic E-state index is 13.3. The zero-order chi connectivity index (χ0) is 16.8. The van der Waals surface area contributed by atoms with E-state index in [0.717, 1.165) is 6.07 Å². The van der Waals surface area contributed by atoms with Gasteiger partial charge in [0.1, 0.15) is 5.69 Å². The van der Waals surface area contributed by atoms with Gasteiger partial charge in [-0.25, -0.2) is 9.31 Å². The molecule has 118 valence electrons. The first-order chi connectivity index (χ1) is 10.8. The largest absolute Gasteiger partial charge is 0.476 e. The van der Waals surface area contributed by atoms with E-state index in [9.17, 15) is 18.0 Å². The molecule has 1 N–H and O–H groups in total. The summed E-state index contributed by atoms with van der Waals surface area (Å²) in [5.41, 5.74) is -0.563. The van der Waals surface area contributed by atoms with Crippen LogP contribution in [0.1, 0.15) is 16.2 Å². The zero-order valence-electron chi connectivity index (χ0n) is 11.3. The van der Waals surface area contributed by atoms with E-state index in [1.54, 1.807) is 30.3 Å². The van der Waals surface area contributed by atoms with Crippen molar-refractivity contribution in [2.75, 3.05) is 0 Å². The summed E-state index contributed by atoms with van der Waals surface area (Å²) < 4.78 is 40.6. The van der Waals surface area contributed by atoms with Crippen LogP contribution in [-0.4, -0.2) is 20.7 Å². The van der Waals surface area contributed by atoms with Crippen molar-refractivity contribution in [2.24, 2.45) is 0 Å². The Morgan fingerprint density at radius 2 is 1.78 bits per heavy atom. The highest BCUT2D eigenvalue weighted by Gasteiger charge is 2.36. The maximum absolute atomic E-state index is 13.3. The molecule has 0 aliphatic heterocycles. The summed E-state index contributed by atoms with van der Waals surface area (Å²) in [7, 11) is 0. The lowest BCUT2D eigenvalue weighted by Gasteiger charge is -2.11. The Hall–Kier alpha value is -2.35. The number of carboxylic acid groups (broad SMARTS) is 1. The predicted octanol–water partition coefficient (Wildman–Crippen LogP) is 4.48. The molecule has 3 rings (SSSR count). The summed E-state index contributed by atoms with van der Waals surface area (Å²) in [4.78, 5) is 11.1. The van der Waals surface area contributed by atoms with Crippen molar-refractivity contribution in [1.82, 2.24) is 9.61 Å². The van der Waals surface area contributed by atoms with E-state index in [4.69, 9.17) is 5.11 Å². The van der Waals surface area contributed by atoms with Gasteiger partial charge in [0.2, 0.25) is 0 Å². The van der Waals surface area contributed by atoms with Gasteiger partial charge in [-0.15, -0.1) is 0 Å². The number of hydrogen-bond acceptors (Lipinski definition) is 2. The van der Waals surface area contributed by atoms with E-state index in [0.29, 0.717) is 15.6 Å². The molecule has 23 heavy (non-hydrogen) atoms. The molecule has 2 aromatic heterocycles. The number of aromatic carboxylic acids is 1. The molecular formula is C15H8BrF3N2O2. The van der Waals surface area contributed by atoms with E-state index >= 15 is 0 Å². The molecule has 0 aliphatic rings. The zero-order valence-corrected chi connectivity index (χ0v) is 12.9. The van der Waals surface area contributed by atoms with Crippen molar-refractivity contribution in [2.45, 2.75) is 6.18 Å². The number of hydrogen-bond donors (Lipinski definition) is 1. The highest BCUT2D eigenvalue weighted by Crippen LogP contribution is 2.36. The minimum atomic E-state index is -4.68. The van der Waals surface area contributed by atoms with Crippen LogP contribution in [0, 0.1) is 0 Å². The molecular weight excluding hydrogens is 377 g/mol. The molecule has 0 spiro atoms. The number of carbonyl (C=O) groups is 1. The first-order valence-corrected chi connectivity index (χ1v) is 7.16. The van der Waals surface area contributed by atoms with Crippen LogP contribution < -0.4 is 0 Å². The van der Waals surface area contributed by atoms with Crippen LogP contribution in [0.2, 0.25) is 0 Å². The third-order valence-electron chi connectivity index (χ3n) is 3.27. The molecule has 0 amide bonds. The SMILES string of the molecule is O=C(O)c1nn2c(C(F)(F)F)cc(-c3ccccc3)cc2c1Br. The minimum absolute atomic E-state index is 0.00767. The molecule has 2 heterocycles. The molecule has 0 saturated heterocycles. The molecule has 4 nitrogen and oxygen atoms in total. The monoisotopic (exact) mass is 384 g/mol. The predicted molar refractivity (Wildman–Crippen MR) is 80.3 cm³/mol. The lowest BCUT2D eigenvalue weighted by Crippen LogP contribution is -2.13. The molecule has 0 aliphatic carbocycles. The van der Waals surface area contributed by atoms with Crippen molar-refractivity contribution >= 4 is 27.4 Å². The number of alkyl halides is 3. The molecule has 1 aromatic carbocycles. The third kappa shape index (κ3) is 2.70. The normalized spacial score (nSPS) is 11.8. The summed E-state index contributed by atoms with van der Waals surface area (Å²) >= 11 is 3.03. The Labute approximate surface area is 136 Å². The van der Waals surface area contributed by atoms with E-state index in [2.05, 4.69) is 21.0 Å². The number of halogens is 4. The number of rotatable bonds is 2. The van der Waals surface area contributed by atoms with Crippen LogP contribution in [-0.2, 0) is 6.18 Å². The number of pyridine rings is 1. The Morgan fingerprint density at radius 1 is 1.13 bits per heavy atom. The van der Waals surface area contributed by atoms with Crippen LogP contribution >= 0.6 is 15.9 Å². The van der Waals surface area contributed by atoms with Crippen LogP contribution in [0.15, 0.2) is 46.9 Å². The van der Waals surface area contributed by atoms with Crippen molar-refractivity contribution < 1.29 is 23.1 Å². The lowest BCUT2D eigenvalue weighted by atomic mass is 10.1. The van der Waals surface area contributed by atoms with Crippen LogP contribution in [0.4, 0.5) is 13.2 Å². The topological polar surface area (TPSA) is 54.6 Å². The molecule has 0 radical (unpaired) electrons. The Kier molecular flexibility index (Phi) is 3.63. The Balaban J connectivity index is 2.38. The summed E-state index contributed by atoms with van der Waals surface area (Å²) in [6.07, 6.45) is -4.68. The first-order valence-electron chi connectivity index (χ1n) is 6.37. The highest BCUT2D eigenvalue weighted by molar-refractivity contribution is 9.10. The summed E-state index contributed by atoms with van der Waals surface area (Å²) in [6, 6.07) is 10.9. The molecule has 3 aromatic rings. The smallest absolute Gasteiger partial charge is 0.433 e. The standard InChI is InChI=1S/C15H8BrF3N2O2/c16-12-10-6-9(8-4-2-1-3-5-8)7-11(15(17,18)19)21(10)20-13(12)14(22)23/h1-7H,(H,22,23). The van der Waals surface area contributed by atoms with Gasteiger partial charge >= 0.3 is 12.1 Å². The first kappa shape index (κ1) is 15.5. The second-order valence-corrected chi connectivity index (χ2v) is 5.55. The van der Waals surface area contributed by atoms with Gasteiger partial charge in [0.05, 0.1) is 9.99 Å². The minimum Gasteiger partial charge on any atom is -0.476 e. The van der Waals surface area contributed by atoms with Gasteiger partial charge < -0.3 is 5.11 Å². The summed E-state index contributed by atoms with van der Waals surface area (Å²) in [5.74, 6) is -1.41. The second kappa shape index (κ2) is 5.38. The molecule has 0 bridgehead atoms. The highest BCUT2D eigenvalue weighted by atomic mass is 79.9. The van der Waals surface area contributed by atoms with Gasteiger partial charge in [0, 0.05) is 0 Å². The summed E-state index contributed by atoms with van der Waals surface area (Å²) in [5, 5.41) is 12.6. The van der Waals surface area contributed by atoms with Crippen molar-refractivity contribution in [1.29, 1.82) is 0 Å². The number of carboxylic acids is 1. The average Bonchev–Trinajstić information content (AvgIpc) is 2.84. The summed E-state index contributed by atoms with van der Waals surface area (Å²) in [6.45, 7) is 0. The van der Waals surface area contributed by atoms with Gasteiger partial charge in [0.25, 0.3) is 0 Å². The van der Waals surface area contributed by atoms with Crippen molar-refractivity contribution in [3.63, 3.8) is 0 Å². The van der Waals surface area contributed by atoms with Gasteiger partial charge in [-0.05, 0) is 39.2 Å². The number of aromatic nitrogens is 2. The van der Waals surface area contributed by atoms with Gasteiger partial charge in [-0.2, -0.15) is 18.3 Å². The quantitative estimate of drug-likeness (QED) is 0.708. The van der Waals surface area contributed by atoms with Gasteiger partial charge in [-0.3, -0.25) is 0 Å². The number of benzene rings is 1. The fourth-order valence-electron chi connectivity index (χ4n) is 2.25. The van der Waals surface area contributed by atoms with E-state index in [1.807, 2.05) is 0 Å². The average molecular weight is 385 g/mol. The van der Waals surface area contributed by atoms with Crippen molar-refractivity contribution in [3.8, 4) is 11.1 Å². The van der Waals surface area contributed by atoms with Crippen molar-refractivity contribution in [3.05, 3.63) is 58.3 Å². The molecule has 8 heteroatoms. The molecule has 0 fully saturated rings. The van der Waals surface area contributed by atoms with Crippen LogP contribution in [0.25, 0.3) is 16.6 Å². The number of fused-ring (bicyclic) bond motifs is 1. The van der Waals surface area contributed by atoms with Gasteiger partial charge in [0.15, 0.2) is 5.69 Å². The van der Waals surface area contributed by atoms with E-state index < -0.39 is 23.5 Å². The van der Waals surface area contributed by atoms with E-state index in [1.165, 1.54) is 6.07 Å². The maximum Gasteiger partial charge on any atom is 0.433 e. The Bertz CT molecular complexity index is 904. The number of nitrogens with zero attached hydrogens (tertiary/aromatic N) is 2. The molecule has 0 unspecified atom stereocenters. The fraction of sp³-hybridized carbons (Fsp3) is 0.0667. The lowest BCUT2D eigenvalue weighted by molar-refractivity contribution is -0.142. The molecule has 0 atom stereocenters. The van der Waals surface area contributed by atoms with Gasteiger partial charge in [-0.1, -0.05) is 30.3 Å². The van der Waals surface area contributed by atoms with E-state index in [-0.39, 0.29) is 9.99 Å². The third-order valence-corrected chi connectivity index (χ3v) is 4.06. The Morgan fingerprint density at radius 3 is 2.35 bits per heavy atom. The fourth-order valence-corrected chi connectivity index (χ4v) is 2.78. The second-order valence-electron chi connectivity index (χ2n) is 4.76. The van der Waals surface area contributed by atoms with Crippen LogP contribution in [0.5, 0.6) is 0 Å².